The third-order valence-corrected chi connectivity index (χ3v) is 11.0. The first kappa shape index (κ1) is 19.3. The summed E-state index contributed by atoms with van der Waals surface area (Å²) in [6, 6.07) is 3.70. The van der Waals surface area contributed by atoms with Crippen molar-refractivity contribution >= 4 is 29.7 Å². The van der Waals surface area contributed by atoms with E-state index in [0.717, 1.165) is 12.0 Å². The molecule has 4 rings (SSSR count). The van der Waals surface area contributed by atoms with Gasteiger partial charge in [-0.05, 0) is 24.1 Å². The molecule has 4 atom stereocenters. The molecule has 3 fully saturated rings. The van der Waals surface area contributed by atoms with E-state index in [1.54, 1.807) is 12.1 Å². The minimum atomic E-state index is -4.03. The van der Waals surface area contributed by atoms with E-state index in [0.29, 0.717) is 0 Å². The molecule has 3 heterocycles. The van der Waals surface area contributed by atoms with Gasteiger partial charge in [-0.2, -0.15) is 4.31 Å². The van der Waals surface area contributed by atoms with Crippen molar-refractivity contribution in [2.45, 2.75) is 42.4 Å². The van der Waals surface area contributed by atoms with Gasteiger partial charge in [0.05, 0.1) is 40.0 Å². The minimum Gasteiger partial charge on any atom is -0.306 e. The van der Waals surface area contributed by atoms with Gasteiger partial charge in [0.2, 0.25) is 10.0 Å². The summed E-state index contributed by atoms with van der Waals surface area (Å²) >= 11 is 0. The first-order valence-electron chi connectivity index (χ1n) is 8.82. The lowest BCUT2D eigenvalue weighted by Crippen LogP contribution is -2.67. The van der Waals surface area contributed by atoms with E-state index in [9.17, 15) is 25.3 Å². The Kier molecular flexibility index (Phi) is 4.47. The molecule has 3 aliphatic rings. The number of sulfonamides is 1. The quantitative estimate of drug-likeness (QED) is 0.660. The highest BCUT2D eigenvalue weighted by Gasteiger charge is 2.57. The van der Waals surface area contributed by atoms with E-state index in [2.05, 4.69) is 5.32 Å². The van der Waals surface area contributed by atoms with E-state index < -0.39 is 53.9 Å². The Morgan fingerprint density at radius 2 is 1.41 bits per heavy atom. The lowest BCUT2D eigenvalue weighted by molar-refractivity contribution is 0.160. The van der Waals surface area contributed by atoms with Gasteiger partial charge in [-0.1, -0.05) is 19.1 Å². The Hall–Kier alpha value is -1.01. The first-order chi connectivity index (χ1) is 12.5. The molecule has 0 aliphatic carbocycles. The fraction of sp³-hybridized carbons (Fsp3) is 0.625. The Morgan fingerprint density at radius 1 is 0.926 bits per heavy atom. The van der Waals surface area contributed by atoms with Crippen LogP contribution in [0, 0.1) is 0 Å². The Bertz CT molecular complexity index is 1020. The minimum absolute atomic E-state index is 0.0627. The normalized spacial score (nSPS) is 34.9. The van der Waals surface area contributed by atoms with Crippen LogP contribution in [0.5, 0.6) is 0 Å². The maximum absolute atomic E-state index is 13.4. The van der Waals surface area contributed by atoms with Crippen LogP contribution in [0.3, 0.4) is 0 Å². The largest absolute Gasteiger partial charge is 0.306 e. The maximum Gasteiger partial charge on any atom is 0.243 e. The van der Waals surface area contributed by atoms with Gasteiger partial charge < -0.3 is 5.32 Å². The third kappa shape index (κ3) is 3.33. The van der Waals surface area contributed by atoms with Gasteiger partial charge >= 0.3 is 0 Å². The molecule has 0 bridgehead atoms. The van der Waals surface area contributed by atoms with Gasteiger partial charge in [0.15, 0.2) is 19.7 Å². The van der Waals surface area contributed by atoms with Gasteiger partial charge in [0.25, 0.3) is 0 Å². The fourth-order valence-electron chi connectivity index (χ4n) is 4.37. The van der Waals surface area contributed by atoms with Crippen LogP contribution >= 0.6 is 0 Å². The number of benzene rings is 1. The van der Waals surface area contributed by atoms with Crippen molar-refractivity contribution in [1.29, 1.82) is 0 Å². The van der Waals surface area contributed by atoms with E-state index in [4.69, 9.17) is 0 Å². The highest BCUT2D eigenvalue weighted by atomic mass is 32.2. The van der Waals surface area contributed by atoms with E-state index in [1.165, 1.54) is 16.4 Å². The summed E-state index contributed by atoms with van der Waals surface area (Å²) in [5, 5.41) is 3.10. The zero-order chi connectivity index (χ0) is 19.6. The van der Waals surface area contributed by atoms with Crippen molar-refractivity contribution in [1.82, 2.24) is 9.62 Å². The van der Waals surface area contributed by atoms with Crippen molar-refractivity contribution in [3.8, 4) is 0 Å². The topological polar surface area (TPSA) is 118 Å². The second kappa shape index (κ2) is 6.24. The molecule has 1 aromatic carbocycles. The fourth-order valence-corrected chi connectivity index (χ4v) is 10.3. The van der Waals surface area contributed by atoms with Crippen molar-refractivity contribution in [3.05, 3.63) is 29.8 Å². The molecule has 11 heteroatoms. The average molecular weight is 435 g/mol. The van der Waals surface area contributed by atoms with Crippen molar-refractivity contribution in [3.63, 3.8) is 0 Å². The Morgan fingerprint density at radius 3 is 1.85 bits per heavy atom. The van der Waals surface area contributed by atoms with E-state index >= 15 is 0 Å². The molecule has 8 nitrogen and oxygen atoms in total. The Labute approximate surface area is 159 Å². The number of piperazine rings is 1. The number of fused-ring (bicyclic) bond motifs is 2. The summed E-state index contributed by atoms with van der Waals surface area (Å²) in [5.41, 5.74) is 0.983. The van der Waals surface area contributed by atoms with Gasteiger partial charge in [-0.15, -0.1) is 0 Å². The molecule has 3 saturated heterocycles. The smallest absolute Gasteiger partial charge is 0.243 e. The second-order valence-corrected chi connectivity index (χ2v) is 13.7. The molecule has 150 valence electrons. The third-order valence-electron chi connectivity index (χ3n) is 5.63. The molecule has 3 aliphatic heterocycles. The summed E-state index contributed by atoms with van der Waals surface area (Å²) in [6.45, 7) is 1.96. The Balaban J connectivity index is 1.80. The zero-order valence-corrected chi connectivity index (χ0v) is 17.2. The first-order valence-corrected chi connectivity index (χ1v) is 13.9. The number of rotatable bonds is 3. The number of aryl methyl sites for hydroxylation is 1. The summed E-state index contributed by atoms with van der Waals surface area (Å²) in [4.78, 5) is 0.0627. The second-order valence-electron chi connectivity index (χ2n) is 7.50. The summed E-state index contributed by atoms with van der Waals surface area (Å²) in [6.07, 6.45) is 0.764. The molecule has 1 aromatic rings. The molecule has 1 N–H and O–H groups in total. The highest BCUT2D eigenvalue weighted by molar-refractivity contribution is 7.92. The zero-order valence-electron chi connectivity index (χ0n) is 14.8. The summed E-state index contributed by atoms with van der Waals surface area (Å²) in [5.74, 6) is -0.941. The maximum atomic E-state index is 13.4. The number of hydrogen-bond donors (Lipinski definition) is 1. The molecule has 0 saturated carbocycles. The standard InChI is InChI=1S/C16H22N2O6S3/c1-2-11-3-5-12(6-4-11)27(23,24)18-15-9-25(19,20)7-13(15)17-14-8-26(21,22)10-16(14)18/h3-6,13-17H,2,7-10H2,1H3/t13-,14-,15+,16+/m0/s1. The lowest BCUT2D eigenvalue weighted by Gasteiger charge is -2.43. The molecule has 0 unspecified atom stereocenters. The predicted molar refractivity (Wildman–Crippen MR) is 100 cm³/mol. The molecular weight excluding hydrogens is 412 g/mol. The highest BCUT2D eigenvalue weighted by Crippen LogP contribution is 2.35. The van der Waals surface area contributed by atoms with E-state index in [1.807, 2.05) is 6.92 Å². The van der Waals surface area contributed by atoms with Crippen LogP contribution in [0.15, 0.2) is 29.2 Å². The molecule has 0 spiro atoms. The predicted octanol–water partition coefficient (Wildman–Crippen LogP) is -0.826. The van der Waals surface area contributed by atoms with E-state index in [-0.39, 0.29) is 27.9 Å². The number of nitrogens with one attached hydrogen (secondary N) is 1. The summed E-state index contributed by atoms with van der Waals surface area (Å²) < 4.78 is 76.6. The molecule has 27 heavy (non-hydrogen) atoms. The average Bonchev–Trinajstić information content (AvgIpc) is 3.04. The van der Waals surface area contributed by atoms with Crippen LogP contribution in [0.4, 0.5) is 0 Å². The SMILES string of the molecule is CCc1ccc(S(=O)(=O)N2[C@@H]3CS(=O)(=O)C[C@@H]3N[C@H]3CS(=O)(=O)C[C@H]32)cc1. The number of hydrogen-bond acceptors (Lipinski definition) is 7. The molecular formula is C16H22N2O6S3. The number of sulfone groups is 2. The van der Waals surface area contributed by atoms with Crippen LogP contribution in [0.25, 0.3) is 0 Å². The molecule has 0 aromatic heterocycles. The number of nitrogens with zero attached hydrogens (tertiary/aromatic N) is 1. The van der Waals surface area contributed by atoms with Gasteiger partial charge in [0, 0.05) is 12.1 Å². The van der Waals surface area contributed by atoms with Crippen molar-refractivity contribution in [2.75, 3.05) is 23.0 Å². The van der Waals surface area contributed by atoms with Crippen LogP contribution in [0.2, 0.25) is 0 Å². The van der Waals surface area contributed by atoms with Crippen LogP contribution in [0.1, 0.15) is 12.5 Å². The van der Waals surface area contributed by atoms with Gasteiger partial charge in [-0.25, -0.2) is 25.3 Å². The van der Waals surface area contributed by atoms with Gasteiger partial charge in [-0.3, -0.25) is 0 Å². The molecule has 0 amide bonds. The van der Waals surface area contributed by atoms with Crippen LogP contribution in [-0.4, -0.2) is 76.7 Å². The molecule has 0 radical (unpaired) electrons. The lowest BCUT2D eigenvalue weighted by atomic mass is 10.0. The van der Waals surface area contributed by atoms with Crippen molar-refractivity contribution < 1.29 is 25.3 Å². The van der Waals surface area contributed by atoms with Crippen LogP contribution in [-0.2, 0) is 36.1 Å². The van der Waals surface area contributed by atoms with Crippen molar-refractivity contribution in [2.24, 2.45) is 0 Å². The van der Waals surface area contributed by atoms with Crippen LogP contribution < -0.4 is 5.32 Å². The summed E-state index contributed by atoms with van der Waals surface area (Å²) in [7, 11) is -10.8. The van der Waals surface area contributed by atoms with Gasteiger partial charge in [0.1, 0.15) is 0 Å². The monoisotopic (exact) mass is 434 g/mol.